The van der Waals surface area contributed by atoms with Crippen molar-refractivity contribution in [2.45, 2.75) is 47.0 Å². The average molecular weight is 1040 g/mol. The highest BCUT2D eigenvalue weighted by atomic mass is 16.7. The SMILES string of the molecule is C#Cc1ccc(Cc2c(C(=O)NOC)c3cccnc3n2C)c(C)c1.C#Cc1ccc(Cc2c(C(=O)NOCC)c3cccnc3n2C)c(C)c1.C#Cc1ccc(Cc2c(C(=O)NOCCO)c3cccnc3n2C)c(C)c1. The molecule has 16 nitrogen and oxygen atoms in total. The predicted molar refractivity (Wildman–Crippen MR) is 302 cm³/mol. The van der Waals surface area contributed by atoms with Gasteiger partial charge in [-0.2, -0.15) is 0 Å². The summed E-state index contributed by atoms with van der Waals surface area (Å²) in [5.41, 5.74) is 22.9. The molecule has 0 saturated carbocycles. The summed E-state index contributed by atoms with van der Waals surface area (Å²) in [5, 5.41) is 11.2. The van der Waals surface area contributed by atoms with E-state index in [2.05, 4.69) is 49.2 Å². The van der Waals surface area contributed by atoms with Gasteiger partial charge in [-0.15, -0.1) is 19.3 Å². The maximum atomic E-state index is 12.8. The van der Waals surface area contributed by atoms with Crippen molar-refractivity contribution in [3.63, 3.8) is 0 Å². The molecule has 0 aliphatic heterocycles. The molecule has 0 aliphatic carbocycles. The van der Waals surface area contributed by atoms with E-state index in [4.69, 9.17) is 38.9 Å². The molecule has 0 spiro atoms. The van der Waals surface area contributed by atoms with Gasteiger partial charge in [0.2, 0.25) is 0 Å². The summed E-state index contributed by atoms with van der Waals surface area (Å²) >= 11 is 0. The lowest BCUT2D eigenvalue weighted by molar-refractivity contribution is 0.0168. The maximum Gasteiger partial charge on any atom is 0.277 e. The van der Waals surface area contributed by atoms with Crippen molar-refractivity contribution in [2.24, 2.45) is 21.1 Å². The second-order valence-corrected chi connectivity index (χ2v) is 18.2. The number of hydrogen-bond acceptors (Lipinski definition) is 10. The van der Waals surface area contributed by atoms with E-state index in [0.29, 0.717) is 42.6 Å². The standard InChI is InChI=1S/C21H21N3O3.C21H21N3O2.C20H19N3O2/c1-4-15-7-8-16(14(2)12-15)13-18-19(21(26)23-27-11-10-25)17-6-5-9-22-20(17)24(18)3;1-5-15-9-10-16(14(3)12-15)13-18-19(21(25)23-26-6-2)17-8-7-11-22-20(17)24(18)4;1-5-14-8-9-15(13(2)11-14)12-17-18(20(24)22-25-4)16-7-6-10-21-19(16)23(17)3/h1,5-9,12,25H,10-11,13H2,2-3H3,(H,23,26);1,7-12H,6,13H2,2-4H3,(H,23,25);1,6-11H,12H2,2-4H3,(H,22,24). The molecule has 9 rings (SSSR count). The summed E-state index contributed by atoms with van der Waals surface area (Å²) in [7, 11) is 7.15. The Morgan fingerprint density at radius 3 is 1.17 bits per heavy atom. The zero-order valence-corrected chi connectivity index (χ0v) is 44.9. The van der Waals surface area contributed by atoms with E-state index in [0.717, 1.165) is 100 Å². The molecule has 6 heterocycles. The number of fused-ring (bicyclic) bond motifs is 3. The van der Waals surface area contributed by atoms with Gasteiger partial charge in [0.25, 0.3) is 17.7 Å². The molecule has 0 fully saturated rings. The molecule has 0 unspecified atom stereocenters. The Labute approximate surface area is 453 Å². The fourth-order valence-electron chi connectivity index (χ4n) is 9.35. The molecule has 9 aromatic rings. The number of nitrogens with zero attached hydrogens (tertiary/aromatic N) is 6. The minimum atomic E-state index is -0.366. The molecule has 3 amide bonds. The van der Waals surface area contributed by atoms with Gasteiger partial charge in [0.05, 0.1) is 43.6 Å². The molecule has 396 valence electrons. The monoisotopic (exact) mass is 1040 g/mol. The van der Waals surface area contributed by atoms with Crippen molar-refractivity contribution in [1.29, 1.82) is 0 Å². The van der Waals surface area contributed by atoms with Crippen LogP contribution in [0.5, 0.6) is 0 Å². The summed E-state index contributed by atoms with van der Waals surface area (Å²) in [6.07, 6.45) is 23.3. The van der Waals surface area contributed by atoms with E-state index in [9.17, 15) is 14.4 Å². The third-order valence-corrected chi connectivity index (χ3v) is 13.3. The second-order valence-electron chi connectivity index (χ2n) is 18.2. The fourth-order valence-corrected chi connectivity index (χ4v) is 9.35. The quantitative estimate of drug-likeness (QED) is 0.0445. The van der Waals surface area contributed by atoms with Crippen molar-refractivity contribution in [3.05, 3.63) is 193 Å². The van der Waals surface area contributed by atoms with E-state index >= 15 is 0 Å². The molecule has 0 aliphatic rings. The van der Waals surface area contributed by atoms with Crippen LogP contribution < -0.4 is 16.4 Å². The topological polar surface area (TPSA) is 189 Å². The van der Waals surface area contributed by atoms with Crippen LogP contribution in [0.4, 0.5) is 0 Å². The first-order chi connectivity index (χ1) is 37.7. The molecular weight excluding hydrogens is 983 g/mol. The Morgan fingerprint density at radius 1 is 0.538 bits per heavy atom. The number of aromatic nitrogens is 6. The van der Waals surface area contributed by atoms with Crippen LogP contribution in [0.2, 0.25) is 0 Å². The van der Waals surface area contributed by atoms with Crippen LogP contribution in [0, 0.1) is 57.8 Å². The molecule has 0 bridgehead atoms. The molecule has 16 heteroatoms. The first-order valence-corrected chi connectivity index (χ1v) is 24.9. The van der Waals surface area contributed by atoms with Gasteiger partial charge in [-0.1, -0.05) is 36.0 Å². The molecule has 0 saturated heterocycles. The lowest BCUT2D eigenvalue weighted by atomic mass is 9.99. The zero-order valence-electron chi connectivity index (χ0n) is 44.9. The normalized spacial score (nSPS) is 10.7. The zero-order chi connectivity index (χ0) is 56.0. The second kappa shape index (κ2) is 25.9. The number of amides is 3. The molecule has 78 heavy (non-hydrogen) atoms. The van der Waals surface area contributed by atoms with Gasteiger partial charge >= 0.3 is 0 Å². The number of terminal acetylenes is 3. The fraction of sp³-hybridized carbons (Fsp3) is 0.226. The average Bonchev–Trinajstić information content (AvgIpc) is 4.10. The lowest BCUT2D eigenvalue weighted by Crippen LogP contribution is -2.26. The number of aliphatic hydroxyl groups is 1. The number of rotatable bonds is 15. The predicted octanol–water partition coefficient (Wildman–Crippen LogP) is 7.99. The Kier molecular flexibility index (Phi) is 18.8. The van der Waals surface area contributed by atoms with Crippen LogP contribution in [-0.2, 0) is 54.9 Å². The van der Waals surface area contributed by atoms with Crippen LogP contribution in [-0.4, -0.2) is 78.4 Å². The number of carbonyl (C=O) groups excluding carboxylic acids is 3. The summed E-state index contributed by atoms with van der Waals surface area (Å²) < 4.78 is 5.84. The highest BCUT2D eigenvalue weighted by Gasteiger charge is 2.25. The Balaban J connectivity index is 0.000000170. The van der Waals surface area contributed by atoms with Crippen LogP contribution in [0.1, 0.15) is 105 Å². The number of hydrogen-bond donors (Lipinski definition) is 4. The van der Waals surface area contributed by atoms with Crippen molar-refractivity contribution >= 4 is 50.8 Å². The number of nitrogens with one attached hydrogen (secondary N) is 3. The smallest absolute Gasteiger partial charge is 0.277 e. The van der Waals surface area contributed by atoms with Crippen LogP contribution in [0.15, 0.2) is 110 Å². The first-order valence-electron chi connectivity index (χ1n) is 24.9. The Bertz CT molecular complexity index is 3830. The van der Waals surface area contributed by atoms with E-state index in [1.54, 1.807) is 24.7 Å². The third kappa shape index (κ3) is 12.3. The lowest BCUT2D eigenvalue weighted by Gasteiger charge is -2.11. The maximum absolute atomic E-state index is 12.8. The van der Waals surface area contributed by atoms with Gasteiger partial charge in [0.1, 0.15) is 16.9 Å². The number of hydroxylamine groups is 3. The summed E-state index contributed by atoms with van der Waals surface area (Å²) in [6, 6.07) is 28.8. The number of benzene rings is 3. The van der Waals surface area contributed by atoms with E-state index in [1.165, 1.54) is 7.11 Å². The van der Waals surface area contributed by atoms with Crippen LogP contribution in [0.25, 0.3) is 33.1 Å². The van der Waals surface area contributed by atoms with Crippen molar-refractivity contribution in [1.82, 2.24) is 45.1 Å². The number of aryl methyl sites for hydroxylation is 6. The van der Waals surface area contributed by atoms with Crippen LogP contribution in [0.3, 0.4) is 0 Å². The largest absolute Gasteiger partial charge is 0.394 e. The molecule has 0 atom stereocenters. The van der Waals surface area contributed by atoms with Gasteiger partial charge in [-0.3, -0.25) is 28.9 Å². The Morgan fingerprint density at radius 2 is 0.872 bits per heavy atom. The summed E-state index contributed by atoms with van der Waals surface area (Å²) in [5.74, 6) is 7.01. The molecule has 6 aromatic heterocycles. The molecule has 4 N–H and O–H groups in total. The van der Waals surface area contributed by atoms with E-state index < -0.39 is 0 Å². The molecule has 3 aromatic carbocycles. The number of pyridine rings is 3. The van der Waals surface area contributed by atoms with Crippen molar-refractivity contribution < 1.29 is 34.0 Å². The van der Waals surface area contributed by atoms with Crippen LogP contribution >= 0.6 is 0 Å². The molecule has 0 radical (unpaired) electrons. The van der Waals surface area contributed by atoms with Gasteiger partial charge in [0.15, 0.2) is 0 Å². The van der Waals surface area contributed by atoms with Gasteiger partial charge in [0, 0.05) is 109 Å². The Hall–Kier alpha value is -9.34. The number of aliphatic hydroxyl groups excluding tert-OH is 1. The van der Waals surface area contributed by atoms with Gasteiger partial charge in [-0.25, -0.2) is 31.4 Å². The highest BCUT2D eigenvalue weighted by Crippen LogP contribution is 2.30. The van der Waals surface area contributed by atoms with Crippen molar-refractivity contribution in [2.75, 3.05) is 26.9 Å². The minimum absolute atomic E-state index is 0.0246. The number of carbonyl (C=O) groups is 3. The molecular formula is C62H61N9O7. The summed E-state index contributed by atoms with van der Waals surface area (Å²) in [4.78, 5) is 66.3. The first kappa shape index (κ1) is 56.4. The third-order valence-electron chi connectivity index (χ3n) is 13.3. The highest BCUT2D eigenvalue weighted by molar-refractivity contribution is 6.09. The van der Waals surface area contributed by atoms with Crippen molar-refractivity contribution in [3.8, 4) is 37.0 Å². The van der Waals surface area contributed by atoms with Gasteiger partial charge < -0.3 is 18.8 Å². The van der Waals surface area contributed by atoms with E-state index in [-0.39, 0.29) is 30.9 Å². The minimum Gasteiger partial charge on any atom is -0.394 e. The summed E-state index contributed by atoms with van der Waals surface area (Å²) in [6.45, 7) is 8.12. The van der Waals surface area contributed by atoms with E-state index in [1.807, 2.05) is 147 Å². The van der Waals surface area contributed by atoms with Gasteiger partial charge in [-0.05, 0) is 134 Å².